The van der Waals surface area contributed by atoms with Crippen LogP contribution in [-0.4, -0.2) is 11.4 Å². The van der Waals surface area contributed by atoms with Crippen molar-refractivity contribution in [2.24, 2.45) is 9.98 Å². The number of allylic oxidation sites excluding steroid dienone is 4. The third kappa shape index (κ3) is 3.46. The molecule has 0 aliphatic heterocycles. The maximum absolute atomic E-state index is 7.49. The van der Waals surface area contributed by atoms with Crippen LogP contribution in [0.2, 0.25) is 0 Å². The molecule has 1 aliphatic rings. The second kappa shape index (κ2) is 7.95. The minimum atomic E-state index is 0.667. The Morgan fingerprint density at radius 2 is 0.893 bits per heavy atom. The fourth-order valence-corrected chi connectivity index (χ4v) is 3.20. The zero-order valence-electron chi connectivity index (χ0n) is 16.5. The van der Waals surface area contributed by atoms with E-state index in [1.165, 1.54) is 0 Å². The molecule has 0 saturated heterocycles. The molecule has 28 heavy (non-hydrogen) atoms. The molecule has 0 radical (unpaired) electrons. The van der Waals surface area contributed by atoms with Crippen molar-refractivity contribution in [3.8, 4) is 11.8 Å². The average Bonchev–Trinajstić information content (AvgIpc) is 2.73. The van der Waals surface area contributed by atoms with Crippen molar-refractivity contribution in [1.29, 1.82) is 0 Å². The van der Waals surface area contributed by atoms with Gasteiger partial charge in [0.2, 0.25) is 0 Å². The molecule has 0 bridgehead atoms. The maximum Gasteiger partial charge on any atom is 0.0683 e. The normalized spacial score (nSPS) is 13.9. The Morgan fingerprint density at radius 3 is 1.21 bits per heavy atom. The lowest BCUT2D eigenvalue weighted by atomic mass is 9.85. The van der Waals surface area contributed by atoms with Gasteiger partial charge in [-0.3, -0.25) is 21.8 Å². The topological polar surface area (TPSA) is 24.7 Å². The molecule has 2 aromatic carbocycles. The van der Waals surface area contributed by atoms with Crippen molar-refractivity contribution >= 4 is 22.8 Å². The highest BCUT2D eigenvalue weighted by Crippen LogP contribution is 2.31. The van der Waals surface area contributed by atoms with Gasteiger partial charge in [0, 0.05) is 0 Å². The first-order valence-electron chi connectivity index (χ1n) is 9.05. The van der Waals surface area contributed by atoms with Crippen LogP contribution >= 0.6 is 0 Å². The van der Waals surface area contributed by atoms with Gasteiger partial charge in [0.05, 0.1) is 11.4 Å². The summed E-state index contributed by atoms with van der Waals surface area (Å²) in [4.78, 5) is 9.70. The van der Waals surface area contributed by atoms with Crippen molar-refractivity contribution in [1.82, 2.24) is 0 Å². The van der Waals surface area contributed by atoms with Gasteiger partial charge in [-0.2, -0.15) is 0 Å². The molecule has 0 atom stereocenters. The largest absolute Gasteiger partial charge is 0.366 e. The van der Waals surface area contributed by atoms with Gasteiger partial charge in [0.15, 0.2) is 0 Å². The summed E-state index contributed by atoms with van der Waals surface area (Å²) < 4.78 is 0. The number of para-hydroxylation sites is 2. The second-order valence-corrected chi connectivity index (χ2v) is 6.71. The van der Waals surface area contributed by atoms with E-state index in [0.717, 1.165) is 45.1 Å². The Morgan fingerprint density at radius 1 is 0.571 bits per heavy atom. The van der Waals surface area contributed by atoms with Crippen LogP contribution in [0.4, 0.5) is 11.4 Å². The minimum absolute atomic E-state index is 0.667. The van der Waals surface area contributed by atoms with Gasteiger partial charge in [-0.25, -0.2) is 0 Å². The van der Waals surface area contributed by atoms with Crippen molar-refractivity contribution in [3.05, 3.63) is 94.8 Å². The quantitative estimate of drug-likeness (QED) is 0.351. The van der Waals surface area contributed by atoms with Crippen LogP contribution in [0.15, 0.2) is 80.8 Å². The van der Waals surface area contributed by atoms with E-state index in [4.69, 9.17) is 22.8 Å². The smallest absolute Gasteiger partial charge is 0.0683 e. The van der Waals surface area contributed by atoms with E-state index in [9.17, 15) is 0 Å². The van der Waals surface area contributed by atoms with Crippen molar-refractivity contribution in [2.75, 3.05) is 0 Å². The molecule has 0 fully saturated rings. The second-order valence-electron chi connectivity index (χ2n) is 6.71. The van der Waals surface area contributed by atoms with Crippen LogP contribution in [0.5, 0.6) is 0 Å². The fraction of sp³-hybridized carbons (Fsp3) is 0.154. The van der Waals surface area contributed by atoms with Crippen LogP contribution in [0.3, 0.4) is 0 Å². The minimum Gasteiger partial charge on any atom is -0.366 e. The lowest BCUT2D eigenvalue weighted by Gasteiger charge is -2.24. The van der Waals surface area contributed by atoms with Crippen LogP contribution in [-0.2, 0) is 0 Å². The summed E-state index contributed by atoms with van der Waals surface area (Å²) >= 11 is 0. The molecule has 2 heteroatoms. The van der Waals surface area contributed by atoms with E-state index in [2.05, 4.69) is 11.8 Å². The molecular weight excluding hydrogens is 340 g/mol. The first-order valence-corrected chi connectivity index (χ1v) is 9.05. The Balaban J connectivity index is 2.17. The molecule has 1 aliphatic carbocycles. The molecule has 2 nitrogen and oxygen atoms in total. The van der Waals surface area contributed by atoms with Gasteiger partial charge >= 0.3 is 0 Å². The molecule has 3 rings (SSSR count). The van der Waals surface area contributed by atoms with E-state index in [-0.39, 0.29) is 0 Å². The summed E-state index contributed by atoms with van der Waals surface area (Å²) in [5.74, 6) is 4.91. The highest BCUT2D eigenvalue weighted by Gasteiger charge is 2.22. The van der Waals surface area contributed by atoms with Crippen molar-refractivity contribution in [2.45, 2.75) is 27.7 Å². The highest BCUT2D eigenvalue weighted by atomic mass is 14.8. The number of hydrogen-bond donors (Lipinski definition) is 0. The van der Waals surface area contributed by atoms with Gasteiger partial charge in [-0.1, -0.05) is 36.4 Å². The Labute approximate surface area is 167 Å². The van der Waals surface area contributed by atoms with Crippen LogP contribution in [0.1, 0.15) is 38.8 Å². The average molecular weight is 360 g/mol. The zero-order valence-corrected chi connectivity index (χ0v) is 16.5. The molecule has 0 unspecified atom stereocenters. The van der Waals surface area contributed by atoms with E-state index >= 15 is 0 Å². The summed E-state index contributed by atoms with van der Waals surface area (Å²) in [6, 6.07) is 15.1. The molecular formula is C26H20N2-2. The van der Waals surface area contributed by atoms with Crippen molar-refractivity contribution in [3.63, 3.8) is 0 Å². The summed E-state index contributed by atoms with van der Waals surface area (Å²) in [5, 5.41) is 0. The van der Waals surface area contributed by atoms with E-state index < -0.39 is 0 Å². The molecule has 0 amide bonds. The highest BCUT2D eigenvalue weighted by molar-refractivity contribution is 6.28. The van der Waals surface area contributed by atoms with E-state index in [1.807, 2.05) is 76.2 Å². The first-order chi connectivity index (χ1) is 13.5. The van der Waals surface area contributed by atoms with Gasteiger partial charge in [0.1, 0.15) is 0 Å². The summed E-state index contributed by atoms with van der Waals surface area (Å²) in [7, 11) is 0. The molecule has 0 spiro atoms. The van der Waals surface area contributed by atoms with Crippen LogP contribution in [0.25, 0.3) is 0 Å². The third-order valence-electron chi connectivity index (χ3n) is 5.09. The fourth-order valence-electron chi connectivity index (χ4n) is 3.20. The number of aliphatic imine (C=N–C) groups is 2. The van der Waals surface area contributed by atoms with Crippen LogP contribution < -0.4 is 0 Å². The number of benzene rings is 2. The van der Waals surface area contributed by atoms with E-state index in [0.29, 0.717) is 11.1 Å². The standard InChI is InChI=1S/C26H20N2/c1-7-21-13-9-11-15-23(21)27-25-17(3)19(5)26(20(6)18(25)4)28-24-16-12-10-14-22(24)8-2/h9-16H,3-6H3/q-2. The van der Waals surface area contributed by atoms with Crippen molar-refractivity contribution < 1.29 is 0 Å². The zero-order chi connectivity index (χ0) is 20.3. The van der Waals surface area contributed by atoms with Gasteiger partial charge in [0.25, 0.3) is 0 Å². The summed E-state index contributed by atoms with van der Waals surface area (Å²) in [6.07, 6.45) is 15.0. The maximum atomic E-state index is 7.49. The summed E-state index contributed by atoms with van der Waals surface area (Å²) in [6.45, 7) is 8.19. The molecule has 0 saturated carbocycles. The Hall–Kier alpha value is -3.62. The number of hydrogen-bond acceptors (Lipinski definition) is 2. The number of rotatable bonds is 2. The molecule has 136 valence electrons. The summed E-state index contributed by atoms with van der Waals surface area (Å²) in [5.41, 5.74) is 8.83. The van der Waals surface area contributed by atoms with Crippen LogP contribution in [0, 0.1) is 24.7 Å². The lowest BCUT2D eigenvalue weighted by molar-refractivity contribution is 1.29. The molecule has 0 aromatic heterocycles. The predicted octanol–water partition coefficient (Wildman–Crippen LogP) is 6.09. The SMILES string of the molecule is [C-]#Cc1ccccc1N=C1C(C)=C(C)C(=Nc2ccccc2C#[C-])C(C)=C1C. The lowest BCUT2D eigenvalue weighted by Crippen LogP contribution is -2.19. The Bertz CT molecular complexity index is 1030. The number of nitrogens with zero attached hydrogens (tertiary/aromatic N) is 2. The molecule has 0 N–H and O–H groups in total. The molecule has 2 aromatic rings. The van der Waals surface area contributed by atoms with E-state index in [1.54, 1.807) is 0 Å². The molecule has 0 heterocycles. The van der Waals surface area contributed by atoms with Gasteiger partial charge in [-0.15, -0.1) is 23.3 Å². The van der Waals surface area contributed by atoms with Gasteiger partial charge in [-0.05, 0) is 61.4 Å². The monoisotopic (exact) mass is 360 g/mol. The Kier molecular flexibility index (Phi) is 5.44. The first kappa shape index (κ1) is 19.2. The van der Waals surface area contributed by atoms with Gasteiger partial charge < -0.3 is 12.8 Å². The third-order valence-corrected chi connectivity index (χ3v) is 5.09. The predicted molar refractivity (Wildman–Crippen MR) is 116 cm³/mol.